The first-order chi connectivity index (χ1) is 12.1. The Bertz CT molecular complexity index is 751. The smallest absolute Gasteiger partial charge is 0.341 e. The zero-order valence-corrected chi connectivity index (χ0v) is 14.1. The number of aromatic nitrogens is 2. The van der Waals surface area contributed by atoms with E-state index in [9.17, 15) is 14.7 Å². The Morgan fingerprint density at radius 1 is 1.32 bits per heavy atom. The van der Waals surface area contributed by atoms with E-state index in [1.54, 1.807) is 25.3 Å². The number of carboxylic acid groups (broad SMARTS) is 1. The minimum absolute atomic E-state index is 0.00908. The summed E-state index contributed by atoms with van der Waals surface area (Å²) >= 11 is 0. The van der Waals surface area contributed by atoms with Gasteiger partial charge in [-0.1, -0.05) is 24.4 Å². The Labute approximate surface area is 145 Å². The van der Waals surface area contributed by atoms with Gasteiger partial charge in [0.2, 0.25) is 5.91 Å². The van der Waals surface area contributed by atoms with E-state index in [-0.39, 0.29) is 28.8 Å². The van der Waals surface area contributed by atoms with Gasteiger partial charge < -0.3 is 14.9 Å². The Hall–Kier alpha value is -2.70. The zero-order chi connectivity index (χ0) is 17.8. The van der Waals surface area contributed by atoms with Crippen molar-refractivity contribution in [3.8, 4) is 11.3 Å². The normalized spacial score (nSPS) is 16.4. The molecular formula is C18H21N3O4. The van der Waals surface area contributed by atoms with Crippen LogP contribution in [0, 0.1) is 5.92 Å². The summed E-state index contributed by atoms with van der Waals surface area (Å²) in [5.41, 5.74) is 0.736. The highest BCUT2D eigenvalue weighted by Gasteiger charge is 2.30. The van der Waals surface area contributed by atoms with Crippen molar-refractivity contribution >= 4 is 11.9 Å². The van der Waals surface area contributed by atoms with Gasteiger partial charge in [-0.25, -0.2) is 4.79 Å². The van der Waals surface area contributed by atoms with E-state index in [0.29, 0.717) is 5.56 Å². The van der Waals surface area contributed by atoms with Crippen molar-refractivity contribution in [1.29, 1.82) is 0 Å². The van der Waals surface area contributed by atoms with Crippen molar-refractivity contribution in [2.75, 3.05) is 0 Å². The molecule has 0 aromatic carbocycles. The number of nitrogens with zero attached hydrogens (tertiary/aromatic N) is 2. The average Bonchev–Trinajstić information content (AvgIpc) is 3.08. The largest absolute Gasteiger partial charge is 0.477 e. The van der Waals surface area contributed by atoms with E-state index in [0.717, 1.165) is 25.7 Å². The van der Waals surface area contributed by atoms with Crippen LogP contribution in [-0.4, -0.2) is 27.1 Å². The lowest BCUT2D eigenvalue weighted by atomic mass is 9.88. The van der Waals surface area contributed by atoms with Gasteiger partial charge in [-0.3, -0.25) is 9.78 Å². The molecule has 25 heavy (non-hydrogen) atoms. The van der Waals surface area contributed by atoms with Crippen molar-refractivity contribution in [3.05, 3.63) is 35.9 Å². The molecule has 1 aliphatic rings. The summed E-state index contributed by atoms with van der Waals surface area (Å²) in [4.78, 5) is 28.1. The van der Waals surface area contributed by atoms with Crippen LogP contribution >= 0.6 is 0 Å². The molecule has 132 valence electrons. The molecule has 2 aromatic heterocycles. The molecule has 0 bridgehead atoms. The molecule has 1 atom stereocenters. The average molecular weight is 343 g/mol. The Balaban J connectivity index is 1.83. The summed E-state index contributed by atoms with van der Waals surface area (Å²) in [6.45, 7) is 1.71. The molecule has 0 spiro atoms. The standard InChI is InChI=1S/C18H21N3O4/c1-11(20-17(22)12-6-3-2-4-7-12)16-14(18(23)24)15(21-25-16)13-8-5-9-19-10-13/h5,8-12H,2-4,6-7H2,1H3,(H,20,22)(H,23,24)/t11-/m1/s1. The second kappa shape index (κ2) is 7.46. The molecule has 0 aliphatic heterocycles. The minimum Gasteiger partial charge on any atom is -0.477 e. The summed E-state index contributed by atoms with van der Waals surface area (Å²) in [6, 6.07) is 2.84. The maximum absolute atomic E-state index is 12.4. The number of rotatable bonds is 5. The van der Waals surface area contributed by atoms with E-state index in [4.69, 9.17) is 4.52 Å². The van der Waals surface area contributed by atoms with E-state index >= 15 is 0 Å². The first kappa shape index (κ1) is 17.1. The van der Waals surface area contributed by atoms with Crippen LogP contribution in [0.2, 0.25) is 0 Å². The third-order valence-corrected chi connectivity index (χ3v) is 4.60. The number of pyridine rings is 1. The van der Waals surface area contributed by atoms with E-state index < -0.39 is 12.0 Å². The molecule has 1 aliphatic carbocycles. The third-order valence-electron chi connectivity index (χ3n) is 4.60. The van der Waals surface area contributed by atoms with Crippen molar-refractivity contribution in [2.24, 2.45) is 5.92 Å². The van der Waals surface area contributed by atoms with E-state index in [1.807, 2.05) is 0 Å². The number of hydrogen-bond acceptors (Lipinski definition) is 5. The van der Waals surface area contributed by atoms with Crippen LogP contribution in [0.4, 0.5) is 0 Å². The van der Waals surface area contributed by atoms with Crippen LogP contribution in [0.25, 0.3) is 11.3 Å². The third kappa shape index (κ3) is 3.70. The van der Waals surface area contributed by atoms with E-state index in [1.165, 1.54) is 12.6 Å². The van der Waals surface area contributed by atoms with E-state index in [2.05, 4.69) is 15.5 Å². The number of amides is 1. The summed E-state index contributed by atoms with van der Waals surface area (Å²) in [5.74, 6) is -1.06. The summed E-state index contributed by atoms with van der Waals surface area (Å²) in [7, 11) is 0. The van der Waals surface area contributed by atoms with Crippen LogP contribution in [0.15, 0.2) is 29.0 Å². The molecule has 2 N–H and O–H groups in total. The Kier molecular flexibility index (Phi) is 5.11. The van der Waals surface area contributed by atoms with Gasteiger partial charge in [0, 0.05) is 23.9 Å². The van der Waals surface area contributed by atoms with Gasteiger partial charge in [-0.15, -0.1) is 0 Å². The maximum atomic E-state index is 12.4. The highest BCUT2D eigenvalue weighted by atomic mass is 16.5. The van der Waals surface area contributed by atoms with Gasteiger partial charge in [0.05, 0.1) is 6.04 Å². The van der Waals surface area contributed by atoms with Crippen molar-refractivity contribution in [3.63, 3.8) is 0 Å². The van der Waals surface area contributed by atoms with Crippen molar-refractivity contribution in [2.45, 2.75) is 45.1 Å². The highest BCUT2D eigenvalue weighted by Crippen LogP contribution is 2.30. The zero-order valence-electron chi connectivity index (χ0n) is 14.1. The molecule has 0 saturated heterocycles. The fourth-order valence-electron chi connectivity index (χ4n) is 3.27. The fraction of sp³-hybridized carbons (Fsp3) is 0.444. The molecule has 0 unspecified atom stereocenters. The number of carbonyl (C=O) groups is 2. The second-order valence-corrected chi connectivity index (χ2v) is 6.38. The van der Waals surface area contributed by atoms with Gasteiger partial charge in [0.15, 0.2) is 5.76 Å². The number of nitrogens with one attached hydrogen (secondary N) is 1. The Morgan fingerprint density at radius 2 is 2.08 bits per heavy atom. The molecule has 1 saturated carbocycles. The summed E-state index contributed by atoms with van der Waals surface area (Å²) in [6.07, 6.45) is 8.15. The van der Waals surface area contributed by atoms with Gasteiger partial charge in [-0.05, 0) is 31.9 Å². The maximum Gasteiger partial charge on any atom is 0.341 e. The van der Waals surface area contributed by atoms with Gasteiger partial charge in [0.1, 0.15) is 11.3 Å². The molecule has 7 nitrogen and oxygen atoms in total. The number of hydrogen-bond donors (Lipinski definition) is 2. The number of carboxylic acids is 1. The van der Waals surface area contributed by atoms with Gasteiger partial charge in [0.25, 0.3) is 0 Å². The lowest BCUT2D eigenvalue weighted by molar-refractivity contribution is -0.126. The molecule has 7 heteroatoms. The topological polar surface area (TPSA) is 105 Å². The first-order valence-corrected chi connectivity index (χ1v) is 8.51. The predicted octanol–water partition coefficient (Wildman–Crippen LogP) is 3.19. The van der Waals surface area contributed by atoms with Gasteiger partial charge in [-0.2, -0.15) is 0 Å². The highest BCUT2D eigenvalue weighted by molar-refractivity contribution is 5.96. The van der Waals surface area contributed by atoms with Crippen LogP contribution < -0.4 is 5.32 Å². The van der Waals surface area contributed by atoms with Gasteiger partial charge >= 0.3 is 5.97 Å². The van der Waals surface area contributed by atoms with Crippen LogP contribution in [0.5, 0.6) is 0 Å². The molecule has 2 aromatic rings. The lowest BCUT2D eigenvalue weighted by Gasteiger charge is -2.22. The summed E-state index contributed by atoms with van der Waals surface area (Å²) < 4.78 is 5.29. The van der Waals surface area contributed by atoms with Crippen LogP contribution in [0.1, 0.15) is 61.2 Å². The molecule has 0 radical (unpaired) electrons. The lowest BCUT2D eigenvalue weighted by Crippen LogP contribution is -2.34. The molecular weight excluding hydrogens is 322 g/mol. The SMILES string of the molecule is C[C@@H](NC(=O)C1CCCCC1)c1onc(-c2cccnc2)c1C(=O)O. The van der Waals surface area contributed by atoms with Crippen molar-refractivity contribution < 1.29 is 19.2 Å². The summed E-state index contributed by atoms with van der Waals surface area (Å²) in [5, 5.41) is 16.4. The number of carbonyl (C=O) groups excluding carboxylic acids is 1. The second-order valence-electron chi connectivity index (χ2n) is 6.38. The molecule has 3 rings (SSSR count). The van der Waals surface area contributed by atoms with Crippen LogP contribution in [0.3, 0.4) is 0 Å². The molecule has 2 heterocycles. The first-order valence-electron chi connectivity index (χ1n) is 8.51. The molecule has 1 fully saturated rings. The Morgan fingerprint density at radius 3 is 2.72 bits per heavy atom. The quantitative estimate of drug-likeness (QED) is 0.864. The molecule has 1 amide bonds. The van der Waals surface area contributed by atoms with Crippen molar-refractivity contribution in [1.82, 2.24) is 15.5 Å². The number of aromatic carboxylic acids is 1. The minimum atomic E-state index is -1.14. The van der Waals surface area contributed by atoms with Crippen LogP contribution in [-0.2, 0) is 4.79 Å². The predicted molar refractivity (Wildman–Crippen MR) is 89.8 cm³/mol. The monoisotopic (exact) mass is 343 g/mol. The fourth-order valence-corrected chi connectivity index (χ4v) is 3.27.